The van der Waals surface area contributed by atoms with Crippen LogP contribution in [0.2, 0.25) is 0 Å². The molecule has 26 heavy (non-hydrogen) atoms. The summed E-state index contributed by atoms with van der Waals surface area (Å²) in [7, 11) is 0. The van der Waals surface area contributed by atoms with E-state index in [4.69, 9.17) is 12.2 Å². The van der Waals surface area contributed by atoms with Gasteiger partial charge in [-0.3, -0.25) is 9.59 Å². The second-order valence-electron chi connectivity index (χ2n) is 7.01. The van der Waals surface area contributed by atoms with E-state index < -0.39 is 5.41 Å². The second-order valence-corrected chi connectivity index (χ2v) is 7.42. The van der Waals surface area contributed by atoms with E-state index in [1.54, 1.807) is 30.3 Å². The molecule has 0 spiro atoms. The van der Waals surface area contributed by atoms with Crippen molar-refractivity contribution in [1.82, 2.24) is 5.32 Å². The quantitative estimate of drug-likeness (QED) is 0.712. The molecule has 0 aliphatic carbocycles. The highest BCUT2D eigenvalue weighted by Crippen LogP contribution is 2.18. The van der Waals surface area contributed by atoms with E-state index in [0.717, 1.165) is 5.56 Å². The first-order chi connectivity index (χ1) is 12.2. The molecule has 2 aromatic rings. The number of carbonyl (C=O) groups is 2. The van der Waals surface area contributed by atoms with Crippen LogP contribution in [0.25, 0.3) is 0 Å². The van der Waals surface area contributed by atoms with Crippen molar-refractivity contribution >= 4 is 40.5 Å². The van der Waals surface area contributed by atoms with Gasteiger partial charge in [0, 0.05) is 22.4 Å². The lowest BCUT2D eigenvalue weighted by atomic mass is 9.96. The van der Waals surface area contributed by atoms with E-state index in [1.807, 2.05) is 45.9 Å². The number of aryl methyl sites for hydroxylation is 1. The van der Waals surface area contributed by atoms with Crippen LogP contribution in [-0.4, -0.2) is 16.9 Å². The molecule has 2 amide bonds. The van der Waals surface area contributed by atoms with Crippen molar-refractivity contribution < 1.29 is 9.59 Å². The van der Waals surface area contributed by atoms with Gasteiger partial charge in [-0.15, -0.1) is 0 Å². The maximum Gasteiger partial charge on any atom is 0.255 e. The van der Waals surface area contributed by atoms with Gasteiger partial charge in [0.15, 0.2) is 5.11 Å². The Kier molecular flexibility index (Phi) is 6.10. The predicted octanol–water partition coefficient (Wildman–Crippen LogP) is 4.11. The summed E-state index contributed by atoms with van der Waals surface area (Å²) in [6.07, 6.45) is 0. The smallest absolute Gasteiger partial charge is 0.255 e. The predicted molar refractivity (Wildman–Crippen MR) is 109 cm³/mol. The minimum Gasteiger partial charge on any atom is -0.332 e. The van der Waals surface area contributed by atoms with Crippen LogP contribution in [-0.2, 0) is 4.79 Å². The Morgan fingerprint density at radius 2 is 1.54 bits per heavy atom. The lowest BCUT2D eigenvalue weighted by Crippen LogP contribution is -2.41. The minimum atomic E-state index is -0.533. The summed E-state index contributed by atoms with van der Waals surface area (Å²) in [5, 5.41) is 8.70. The third kappa shape index (κ3) is 5.39. The molecule has 0 aromatic heterocycles. The van der Waals surface area contributed by atoms with Crippen molar-refractivity contribution in [3.8, 4) is 0 Å². The first-order valence-corrected chi connectivity index (χ1v) is 8.67. The van der Waals surface area contributed by atoms with Crippen molar-refractivity contribution in [2.24, 2.45) is 5.41 Å². The van der Waals surface area contributed by atoms with Crippen LogP contribution in [0, 0.1) is 12.3 Å². The van der Waals surface area contributed by atoms with Gasteiger partial charge in [-0.1, -0.05) is 45.0 Å². The molecule has 0 aliphatic heterocycles. The lowest BCUT2D eigenvalue weighted by molar-refractivity contribution is -0.126. The zero-order chi connectivity index (χ0) is 19.3. The number of carbonyl (C=O) groups excluding carboxylic acids is 2. The van der Waals surface area contributed by atoms with Gasteiger partial charge in [0.2, 0.25) is 5.91 Å². The van der Waals surface area contributed by atoms with Crippen molar-refractivity contribution in [2.45, 2.75) is 27.7 Å². The van der Waals surface area contributed by atoms with Crippen LogP contribution in [0.3, 0.4) is 0 Å². The van der Waals surface area contributed by atoms with Crippen molar-refractivity contribution in [3.63, 3.8) is 0 Å². The molecule has 0 heterocycles. The van der Waals surface area contributed by atoms with Gasteiger partial charge < -0.3 is 16.0 Å². The number of amides is 2. The monoisotopic (exact) mass is 369 g/mol. The minimum absolute atomic E-state index is 0.168. The number of thiocarbonyl (C=S) groups is 1. The van der Waals surface area contributed by atoms with Gasteiger partial charge in [0.1, 0.15) is 0 Å². The average molecular weight is 369 g/mol. The van der Waals surface area contributed by atoms with E-state index in [1.165, 1.54) is 0 Å². The first-order valence-electron chi connectivity index (χ1n) is 8.26. The van der Waals surface area contributed by atoms with Gasteiger partial charge in [0.05, 0.1) is 0 Å². The highest BCUT2D eigenvalue weighted by atomic mass is 32.1. The van der Waals surface area contributed by atoms with Crippen molar-refractivity contribution in [1.29, 1.82) is 0 Å². The number of anilines is 2. The molecular formula is C20H23N3O2S. The fraction of sp³-hybridized carbons (Fsp3) is 0.250. The Morgan fingerprint density at radius 3 is 2.15 bits per heavy atom. The number of rotatable bonds is 3. The summed E-state index contributed by atoms with van der Waals surface area (Å²) in [4.78, 5) is 24.4. The van der Waals surface area contributed by atoms with E-state index in [0.29, 0.717) is 16.9 Å². The van der Waals surface area contributed by atoms with Crippen LogP contribution in [0.15, 0.2) is 48.5 Å². The third-order valence-electron chi connectivity index (χ3n) is 3.68. The molecule has 3 N–H and O–H groups in total. The van der Waals surface area contributed by atoms with Crippen LogP contribution >= 0.6 is 12.2 Å². The topological polar surface area (TPSA) is 70.2 Å². The molecule has 5 nitrogen and oxygen atoms in total. The molecule has 0 bridgehead atoms. The SMILES string of the molecule is Cc1ccccc1C(=O)Nc1cccc(NC(=S)NC(=O)C(C)(C)C)c1. The van der Waals surface area contributed by atoms with Crippen LogP contribution < -0.4 is 16.0 Å². The average Bonchev–Trinajstić information content (AvgIpc) is 2.54. The molecule has 0 saturated carbocycles. The Balaban J connectivity index is 2.04. The van der Waals surface area contributed by atoms with Gasteiger partial charge >= 0.3 is 0 Å². The third-order valence-corrected chi connectivity index (χ3v) is 3.88. The molecule has 0 fully saturated rings. The van der Waals surface area contributed by atoms with Crippen molar-refractivity contribution in [3.05, 3.63) is 59.7 Å². The fourth-order valence-electron chi connectivity index (χ4n) is 2.15. The summed E-state index contributed by atoms with van der Waals surface area (Å²) in [5.74, 6) is -0.345. The lowest BCUT2D eigenvalue weighted by Gasteiger charge is -2.18. The number of hydrogen-bond donors (Lipinski definition) is 3. The normalized spacial score (nSPS) is 10.8. The number of nitrogens with one attached hydrogen (secondary N) is 3. The number of benzene rings is 2. The number of hydrogen-bond acceptors (Lipinski definition) is 3. The highest BCUT2D eigenvalue weighted by Gasteiger charge is 2.22. The van der Waals surface area contributed by atoms with Crippen LogP contribution in [0.4, 0.5) is 11.4 Å². The summed E-state index contributed by atoms with van der Waals surface area (Å²) >= 11 is 5.18. The van der Waals surface area contributed by atoms with Crippen LogP contribution in [0.5, 0.6) is 0 Å². The molecule has 2 rings (SSSR count). The Labute approximate surface area is 159 Å². The van der Waals surface area contributed by atoms with E-state index in [-0.39, 0.29) is 16.9 Å². The van der Waals surface area contributed by atoms with Gasteiger partial charge in [0.25, 0.3) is 5.91 Å². The maximum atomic E-state index is 12.4. The molecule has 0 atom stereocenters. The molecule has 0 unspecified atom stereocenters. The van der Waals surface area contributed by atoms with Crippen LogP contribution in [0.1, 0.15) is 36.7 Å². The summed E-state index contributed by atoms with van der Waals surface area (Å²) < 4.78 is 0. The molecule has 2 aromatic carbocycles. The highest BCUT2D eigenvalue weighted by molar-refractivity contribution is 7.80. The molecule has 136 valence electrons. The van der Waals surface area contributed by atoms with Crippen molar-refractivity contribution in [2.75, 3.05) is 10.6 Å². The van der Waals surface area contributed by atoms with Gasteiger partial charge in [-0.2, -0.15) is 0 Å². The summed E-state index contributed by atoms with van der Waals surface area (Å²) in [6, 6.07) is 14.5. The van der Waals surface area contributed by atoms with E-state index >= 15 is 0 Å². The zero-order valence-electron chi connectivity index (χ0n) is 15.3. The second kappa shape index (κ2) is 8.10. The largest absolute Gasteiger partial charge is 0.332 e. The molecule has 0 aliphatic rings. The summed E-state index contributed by atoms with van der Waals surface area (Å²) in [5.41, 5.74) is 2.30. The molecule has 6 heteroatoms. The zero-order valence-corrected chi connectivity index (χ0v) is 16.2. The Hall–Kier alpha value is -2.73. The maximum absolute atomic E-state index is 12.4. The standard InChI is InChI=1S/C20H23N3O2S/c1-13-8-5-6-11-16(13)17(24)21-14-9-7-10-15(12-14)22-19(26)23-18(25)20(2,3)4/h5-12H,1-4H3,(H,21,24)(H2,22,23,25,26). The van der Waals surface area contributed by atoms with E-state index in [9.17, 15) is 9.59 Å². The Bertz CT molecular complexity index is 841. The summed E-state index contributed by atoms with van der Waals surface area (Å²) in [6.45, 7) is 7.33. The van der Waals surface area contributed by atoms with Gasteiger partial charge in [-0.05, 0) is 49.0 Å². The molecular weight excluding hydrogens is 346 g/mol. The molecule has 0 radical (unpaired) electrons. The fourth-order valence-corrected chi connectivity index (χ4v) is 2.36. The van der Waals surface area contributed by atoms with Gasteiger partial charge in [-0.25, -0.2) is 0 Å². The Morgan fingerprint density at radius 1 is 0.923 bits per heavy atom. The van der Waals surface area contributed by atoms with E-state index in [2.05, 4.69) is 16.0 Å². The molecule has 0 saturated heterocycles. The first kappa shape index (κ1) is 19.6.